The second-order valence-electron chi connectivity index (χ2n) is 3.92. The van der Waals surface area contributed by atoms with Crippen molar-refractivity contribution in [1.29, 1.82) is 0 Å². The lowest BCUT2D eigenvalue weighted by Crippen LogP contribution is -2.43. The molecule has 2 N–H and O–H groups in total. The van der Waals surface area contributed by atoms with Crippen LogP contribution in [-0.4, -0.2) is 38.3 Å². The summed E-state index contributed by atoms with van der Waals surface area (Å²) >= 11 is 0. The van der Waals surface area contributed by atoms with Crippen molar-refractivity contribution in [2.45, 2.75) is 19.1 Å². The molecule has 0 radical (unpaired) electrons. The van der Waals surface area contributed by atoms with Crippen molar-refractivity contribution < 1.29 is 13.9 Å². The Morgan fingerprint density at radius 1 is 1.56 bits per heavy atom. The van der Waals surface area contributed by atoms with Crippen LogP contribution in [0.4, 0.5) is 0 Å². The molecule has 1 aromatic rings. The van der Waals surface area contributed by atoms with Gasteiger partial charge in [0.2, 0.25) is 0 Å². The highest BCUT2D eigenvalue weighted by Crippen LogP contribution is 2.08. The Morgan fingerprint density at radius 3 is 3.00 bits per heavy atom. The predicted octanol–water partition coefficient (Wildman–Crippen LogP) is 0.305. The van der Waals surface area contributed by atoms with E-state index in [0.717, 1.165) is 18.8 Å². The van der Waals surface area contributed by atoms with Crippen molar-refractivity contribution in [2.24, 2.45) is 0 Å². The van der Waals surface area contributed by atoms with Crippen molar-refractivity contribution >= 4 is 5.91 Å². The topological polar surface area (TPSA) is 63.5 Å². The van der Waals surface area contributed by atoms with Gasteiger partial charge in [-0.1, -0.05) is 0 Å². The van der Waals surface area contributed by atoms with Crippen LogP contribution < -0.4 is 10.6 Å². The van der Waals surface area contributed by atoms with E-state index < -0.39 is 0 Å². The number of hydrogen-bond acceptors (Lipinski definition) is 4. The maximum atomic E-state index is 11.8. The summed E-state index contributed by atoms with van der Waals surface area (Å²) < 4.78 is 10.5. The Kier molecular flexibility index (Phi) is 3.26. The van der Waals surface area contributed by atoms with Gasteiger partial charge in [-0.3, -0.25) is 4.79 Å². The van der Waals surface area contributed by atoms with Gasteiger partial charge in [-0.05, 0) is 19.1 Å². The summed E-state index contributed by atoms with van der Waals surface area (Å²) in [6, 6.07) is 3.45. The van der Waals surface area contributed by atoms with E-state index in [0.29, 0.717) is 5.76 Å². The fraction of sp³-hybridized carbons (Fsp3) is 0.545. The van der Waals surface area contributed by atoms with Gasteiger partial charge in [0.15, 0.2) is 5.76 Å². The van der Waals surface area contributed by atoms with E-state index in [4.69, 9.17) is 9.15 Å². The normalized spacial score (nSPS) is 24.6. The van der Waals surface area contributed by atoms with Gasteiger partial charge in [0, 0.05) is 20.2 Å². The highest BCUT2D eigenvalue weighted by atomic mass is 16.5. The predicted molar refractivity (Wildman–Crippen MR) is 58.4 cm³/mol. The largest absolute Gasteiger partial charge is 0.456 e. The van der Waals surface area contributed by atoms with E-state index in [1.54, 1.807) is 19.2 Å². The average molecular weight is 224 g/mol. The Bertz CT molecular complexity index is 375. The zero-order valence-corrected chi connectivity index (χ0v) is 9.45. The van der Waals surface area contributed by atoms with Crippen LogP contribution in [0.5, 0.6) is 0 Å². The molecule has 0 aliphatic carbocycles. The van der Waals surface area contributed by atoms with Crippen molar-refractivity contribution in [3.8, 4) is 0 Å². The number of ether oxygens (including phenoxy) is 1. The number of rotatable bonds is 3. The second kappa shape index (κ2) is 4.67. The standard InChI is InChI=1S/C11H16N2O3/c1-7-3-4-9(16-7)11(14)13-8-5-12-6-10(8)15-2/h3-4,8,10,12H,5-6H2,1-2H3,(H,13,14)/t8?,10-/m0/s1. The Hall–Kier alpha value is -1.33. The molecule has 2 rings (SSSR count). The molecule has 0 spiro atoms. The SMILES string of the molecule is CO[C@H]1CNCC1NC(=O)c1ccc(C)o1. The lowest BCUT2D eigenvalue weighted by molar-refractivity contribution is 0.0759. The minimum Gasteiger partial charge on any atom is -0.456 e. The molecule has 1 aromatic heterocycles. The van der Waals surface area contributed by atoms with Gasteiger partial charge in [0.1, 0.15) is 5.76 Å². The molecule has 1 unspecified atom stereocenters. The molecule has 1 fully saturated rings. The summed E-state index contributed by atoms with van der Waals surface area (Å²) in [4.78, 5) is 11.8. The molecular formula is C11H16N2O3. The molecule has 1 aliphatic heterocycles. The van der Waals surface area contributed by atoms with E-state index >= 15 is 0 Å². The smallest absolute Gasteiger partial charge is 0.287 e. The highest BCUT2D eigenvalue weighted by Gasteiger charge is 2.28. The average Bonchev–Trinajstić information content (AvgIpc) is 2.86. The van der Waals surface area contributed by atoms with Crippen molar-refractivity contribution in [2.75, 3.05) is 20.2 Å². The number of carbonyl (C=O) groups is 1. The minimum absolute atomic E-state index is 0.00269. The monoisotopic (exact) mass is 224 g/mol. The van der Waals surface area contributed by atoms with Crippen LogP contribution in [-0.2, 0) is 4.74 Å². The Labute approximate surface area is 94.1 Å². The molecule has 16 heavy (non-hydrogen) atoms. The quantitative estimate of drug-likeness (QED) is 0.775. The van der Waals surface area contributed by atoms with Crippen LogP contribution in [0.15, 0.2) is 16.5 Å². The van der Waals surface area contributed by atoms with Crippen LogP contribution >= 0.6 is 0 Å². The van der Waals surface area contributed by atoms with Crippen LogP contribution in [0.2, 0.25) is 0 Å². The third-order valence-corrected chi connectivity index (χ3v) is 2.74. The van der Waals surface area contributed by atoms with Gasteiger partial charge >= 0.3 is 0 Å². The molecule has 1 saturated heterocycles. The number of methoxy groups -OCH3 is 1. The molecule has 2 heterocycles. The van der Waals surface area contributed by atoms with E-state index in [1.807, 2.05) is 6.92 Å². The molecule has 5 heteroatoms. The molecule has 0 bridgehead atoms. The highest BCUT2D eigenvalue weighted by molar-refractivity contribution is 5.91. The summed E-state index contributed by atoms with van der Waals surface area (Å²) in [5.41, 5.74) is 0. The number of carbonyl (C=O) groups excluding carboxylic acids is 1. The van der Waals surface area contributed by atoms with Gasteiger partial charge < -0.3 is 19.8 Å². The second-order valence-corrected chi connectivity index (χ2v) is 3.92. The van der Waals surface area contributed by atoms with Gasteiger partial charge in [0.25, 0.3) is 5.91 Å². The van der Waals surface area contributed by atoms with E-state index in [9.17, 15) is 4.79 Å². The third kappa shape index (κ3) is 2.25. The van der Waals surface area contributed by atoms with Crippen LogP contribution in [0.1, 0.15) is 16.3 Å². The summed E-state index contributed by atoms with van der Waals surface area (Å²) in [5.74, 6) is 0.890. The summed E-state index contributed by atoms with van der Waals surface area (Å²) in [5, 5.41) is 6.05. The van der Waals surface area contributed by atoms with Crippen LogP contribution in [0.25, 0.3) is 0 Å². The molecule has 2 atom stereocenters. The zero-order chi connectivity index (χ0) is 11.5. The fourth-order valence-electron chi connectivity index (χ4n) is 1.84. The third-order valence-electron chi connectivity index (χ3n) is 2.74. The number of hydrogen-bond donors (Lipinski definition) is 2. The summed E-state index contributed by atoms with van der Waals surface area (Å²) in [6.07, 6.45) is 0.0278. The molecule has 1 amide bonds. The first kappa shape index (κ1) is 11.2. The molecule has 5 nitrogen and oxygen atoms in total. The van der Waals surface area contributed by atoms with Gasteiger partial charge in [-0.2, -0.15) is 0 Å². The number of amides is 1. The van der Waals surface area contributed by atoms with Crippen LogP contribution in [0.3, 0.4) is 0 Å². The number of furan rings is 1. The summed E-state index contributed by atoms with van der Waals surface area (Å²) in [6.45, 7) is 3.30. The van der Waals surface area contributed by atoms with Crippen molar-refractivity contribution in [3.05, 3.63) is 23.7 Å². The first-order valence-electron chi connectivity index (χ1n) is 5.31. The number of nitrogens with one attached hydrogen (secondary N) is 2. The maximum absolute atomic E-state index is 11.8. The zero-order valence-electron chi connectivity index (χ0n) is 9.45. The molecule has 0 saturated carbocycles. The molecule has 1 aliphatic rings. The van der Waals surface area contributed by atoms with Crippen LogP contribution in [0, 0.1) is 6.92 Å². The number of aryl methyl sites for hydroxylation is 1. The van der Waals surface area contributed by atoms with Gasteiger partial charge in [0.05, 0.1) is 12.1 Å². The van der Waals surface area contributed by atoms with Gasteiger partial charge in [-0.25, -0.2) is 0 Å². The molecule has 88 valence electrons. The lowest BCUT2D eigenvalue weighted by atomic mass is 10.2. The van der Waals surface area contributed by atoms with Crippen molar-refractivity contribution in [3.63, 3.8) is 0 Å². The Morgan fingerprint density at radius 2 is 2.38 bits per heavy atom. The van der Waals surface area contributed by atoms with Gasteiger partial charge in [-0.15, -0.1) is 0 Å². The van der Waals surface area contributed by atoms with Crippen molar-refractivity contribution in [1.82, 2.24) is 10.6 Å². The first-order chi connectivity index (χ1) is 7.70. The molecule has 0 aromatic carbocycles. The van der Waals surface area contributed by atoms with E-state index in [2.05, 4.69) is 10.6 Å². The minimum atomic E-state index is -0.191. The first-order valence-corrected chi connectivity index (χ1v) is 5.31. The maximum Gasteiger partial charge on any atom is 0.287 e. The fourth-order valence-corrected chi connectivity index (χ4v) is 1.84. The van der Waals surface area contributed by atoms with E-state index in [-0.39, 0.29) is 18.1 Å². The Balaban J connectivity index is 1.97. The van der Waals surface area contributed by atoms with E-state index in [1.165, 1.54) is 0 Å². The summed E-state index contributed by atoms with van der Waals surface area (Å²) in [7, 11) is 1.65. The lowest BCUT2D eigenvalue weighted by Gasteiger charge is -2.17. The molecular weight excluding hydrogens is 208 g/mol.